The number of rotatable bonds is 3. The quantitative estimate of drug-likeness (QED) is 0.704. The molecule has 3 heteroatoms. The molecule has 22 heavy (non-hydrogen) atoms. The summed E-state index contributed by atoms with van der Waals surface area (Å²) in [7, 11) is 4.25. The van der Waals surface area contributed by atoms with Crippen LogP contribution in [0.3, 0.4) is 0 Å². The van der Waals surface area contributed by atoms with Crippen LogP contribution in [-0.2, 0) is 5.75 Å². The first-order valence-corrected chi connectivity index (χ1v) is 9.29. The Morgan fingerprint density at radius 1 is 1.14 bits per heavy atom. The molecule has 0 aromatic heterocycles. The van der Waals surface area contributed by atoms with E-state index in [1.54, 1.807) is 0 Å². The molecule has 114 valence electrons. The Hall–Kier alpha value is -1.03. The molecule has 1 nitrogen and oxygen atoms in total. The first-order valence-electron chi connectivity index (χ1n) is 7.51. The van der Waals surface area contributed by atoms with Gasteiger partial charge in [0, 0.05) is 21.7 Å². The van der Waals surface area contributed by atoms with E-state index in [4.69, 9.17) is 0 Å². The Balaban J connectivity index is 2.08. The number of halogens is 1. The second-order valence-electron chi connectivity index (χ2n) is 5.80. The molecule has 1 heterocycles. The maximum absolute atomic E-state index is 3.60. The minimum Gasteiger partial charge on any atom is -0.309 e. The van der Waals surface area contributed by atoms with Gasteiger partial charge in [-0.3, -0.25) is 0 Å². The Morgan fingerprint density at radius 3 is 2.77 bits per heavy atom. The van der Waals surface area contributed by atoms with E-state index in [0.717, 1.165) is 23.2 Å². The lowest BCUT2D eigenvalue weighted by molar-refractivity contribution is 0.417. The van der Waals surface area contributed by atoms with Crippen LogP contribution < -0.4 is 0 Å². The predicted octanol–water partition coefficient (Wildman–Crippen LogP) is 5.44. The van der Waals surface area contributed by atoms with Crippen molar-refractivity contribution in [1.29, 1.82) is 0 Å². The van der Waals surface area contributed by atoms with Gasteiger partial charge in [-0.2, -0.15) is 0 Å². The van der Waals surface area contributed by atoms with Crippen molar-refractivity contribution in [2.24, 2.45) is 0 Å². The molecule has 0 fully saturated rings. The number of hydrogen-bond donors (Lipinski definition) is 0. The summed E-state index contributed by atoms with van der Waals surface area (Å²) in [5, 5.41) is 0. The van der Waals surface area contributed by atoms with Crippen molar-refractivity contribution in [2.75, 3.05) is 20.6 Å². The number of thioether (sulfide) groups is 1. The summed E-state index contributed by atoms with van der Waals surface area (Å²) in [6.07, 6.45) is 3.47. The highest BCUT2D eigenvalue weighted by atomic mass is 79.9. The first kappa shape index (κ1) is 15.9. The standard InChI is InChI=1S/C19H20BrNS/c1-21(2)11-5-8-17-16-7-4-3-6-14(16)13-22-19-12-15(20)9-10-18(17)19/h3-4,6-10,12H,5,11,13H2,1-2H3/b17-8+. The van der Waals surface area contributed by atoms with E-state index in [-0.39, 0.29) is 0 Å². The zero-order chi connectivity index (χ0) is 15.5. The summed E-state index contributed by atoms with van der Waals surface area (Å²) in [6.45, 7) is 1.07. The normalized spacial score (nSPS) is 15.5. The van der Waals surface area contributed by atoms with E-state index in [0.29, 0.717) is 0 Å². The molecule has 0 unspecified atom stereocenters. The van der Waals surface area contributed by atoms with Crippen LogP contribution in [0.5, 0.6) is 0 Å². The fourth-order valence-electron chi connectivity index (χ4n) is 2.73. The molecule has 0 saturated carbocycles. The van der Waals surface area contributed by atoms with Gasteiger partial charge in [-0.1, -0.05) is 52.3 Å². The summed E-state index contributed by atoms with van der Waals surface area (Å²) >= 11 is 5.53. The summed E-state index contributed by atoms with van der Waals surface area (Å²) in [5.74, 6) is 1.03. The first-order chi connectivity index (χ1) is 10.6. The van der Waals surface area contributed by atoms with Crippen molar-refractivity contribution >= 4 is 33.3 Å². The largest absolute Gasteiger partial charge is 0.309 e. The molecule has 0 amide bonds. The zero-order valence-corrected chi connectivity index (χ0v) is 15.4. The van der Waals surface area contributed by atoms with Crippen molar-refractivity contribution in [2.45, 2.75) is 17.1 Å². The molecule has 2 aromatic rings. The smallest absolute Gasteiger partial charge is 0.0238 e. The van der Waals surface area contributed by atoms with Crippen LogP contribution in [0.25, 0.3) is 5.57 Å². The minimum absolute atomic E-state index is 1.03. The van der Waals surface area contributed by atoms with Gasteiger partial charge in [0.15, 0.2) is 0 Å². The van der Waals surface area contributed by atoms with Crippen LogP contribution in [0, 0.1) is 0 Å². The molecule has 1 aliphatic rings. The van der Waals surface area contributed by atoms with Crippen LogP contribution in [0.1, 0.15) is 23.1 Å². The lowest BCUT2D eigenvalue weighted by Gasteiger charge is -2.13. The van der Waals surface area contributed by atoms with Crippen LogP contribution in [0.4, 0.5) is 0 Å². The van der Waals surface area contributed by atoms with Gasteiger partial charge < -0.3 is 4.90 Å². The lowest BCUT2D eigenvalue weighted by atomic mass is 9.93. The third-order valence-electron chi connectivity index (χ3n) is 3.85. The van der Waals surface area contributed by atoms with E-state index >= 15 is 0 Å². The van der Waals surface area contributed by atoms with Crippen molar-refractivity contribution in [3.63, 3.8) is 0 Å². The third-order valence-corrected chi connectivity index (χ3v) is 5.45. The van der Waals surface area contributed by atoms with Gasteiger partial charge in [0.05, 0.1) is 0 Å². The minimum atomic E-state index is 1.03. The van der Waals surface area contributed by atoms with E-state index in [1.165, 1.54) is 27.2 Å². The molecule has 0 aliphatic carbocycles. The van der Waals surface area contributed by atoms with Gasteiger partial charge in [0.25, 0.3) is 0 Å². The monoisotopic (exact) mass is 373 g/mol. The molecule has 0 saturated heterocycles. The molecule has 0 N–H and O–H groups in total. The summed E-state index contributed by atoms with van der Waals surface area (Å²) < 4.78 is 1.15. The second-order valence-corrected chi connectivity index (χ2v) is 7.73. The lowest BCUT2D eigenvalue weighted by Crippen LogP contribution is -2.12. The number of nitrogens with zero attached hydrogens (tertiary/aromatic N) is 1. The molecule has 0 bridgehead atoms. The average Bonchev–Trinajstić information content (AvgIpc) is 2.64. The van der Waals surface area contributed by atoms with Crippen molar-refractivity contribution < 1.29 is 0 Å². The predicted molar refractivity (Wildman–Crippen MR) is 100 cm³/mol. The van der Waals surface area contributed by atoms with Crippen LogP contribution in [0.2, 0.25) is 0 Å². The molecular weight excluding hydrogens is 354 g/mol. The fraction of sp³-hybridized carbons (Fsp3) is 0.263. The van der Waals surface area contributed by atoms with Gasteiger partial charge >= 0.3 is 0 Å². The van der Waals surface area contributed by atoms with Crippen molar-refractivity contribution in [3.8, 4) is 0 Å². The SMILES string of the molecule is CN(C)CC/C=C1\c2ccccc2CSc2cc(Br)ccc21. The third kappa shape index (κ3) is 3.48. The molecule has 0 spiro atoms. The van der Waals surface area contributed by atoms with Gasteiger partial charge in [-0.15, -0.1) is 11.8 Å². The van der Waals surface area contributed by atoms with Gasteiger partial charge in [-0.25, -0.2) is 0 Å². The Labute approximate surface area is 145 Å². The Kier molecular flexibility index (Phi) is 5.07. The highest BCUT2D eigenvalue weighted by Crippen LogP contribution is 2.41. The van der Waals surface area contributed by atoms with Gasteiger partial charge in [-0.05, 0) is 54.9 Å². The Morgan fingerprint density at radius 2 is 1.95 bits per heavy atom. The van der Waals surface area contributed by atoms with E-state index in [2.05, 4.69) is 83.5 Å². The van der Waals surface area contributed by atoms with Crippen molar-refractivity contribution in [3.05, 3.63) is 69.7 Å². The van der Waals surface area contributed by atoms with Crippen molar-refractivity contribution in [1.82, 2.24) is 4.90 Å². The number of fused-ring (bicyclic) bond motifs is 2. The summed E-state index contributed by atoms with van der Waals surface area (Å²) in [4.78, 5) is 3.60. The van der Waals surface area contributed by atoms with Crippen LogP contribution >= 0.6 is 27.7 Å². The van der Waals surface area contributed by atoms with E-state index < -0.39 is 0 Å². The maximum Gasteiger partial charge on any atom is 0.0238 e. The molecule has 1 aliphatic heterocycles. The fourth-order valence-corrected chi connectivity index (χ4v) is 4.35. The van der Waals surface area contributed by atoms with Gasteiger partial charge in [0.2, 0.25) is 0 Å². The topological polar surface area (TPSA) is 3.24 Å². The number of benzene rings is 2. The second kappa shape index (κ2) is 7.03. The highest BCUT2D eigenvalue weighted by Gasteiger charge is 2.18. The summed E-state index contributed by atoms with van der Waals surface area (Å²) in [5.41, 5.74) is 5.55. The molecule has 3 rings (SSSR count). The molecule has 0 atom stereocenters. The maximum atomic E-state index is 3.60. The highest BCUT2D eigenvalue weighted by molar-refractivity contribution is 9.10. The number of hydrogen-bond acceptors (Lipinski definition) is 2. The Bertz CT molecular complexity index is 706. The summed E-state index contributed by atoms with van der Waals surface area (Å²) in [6, 6.07) is 15.4. The van der Waals surface area contributed by atoms with E-state index in [9.17, 15) is 0 Å². The van der Waals surface area contributed by atoms with Crippen LogP contribution in [-0.4, -0.2) is 25.5 Å². The van der Waals surface area contributed by atoms with Crippen LogP contribution in [0.15, 0.2) is 57.9 Å². The zero-order valence-electron chi connectivity index (χ0n) is 13.0. The molecule has 2 aromatic carbocycles. The average molecular weight is 374 g/mol. The van der Waals surface area contributed by atoms with Gasteiger partial charge in [0.1, 0.15) is 0 Å². The molecular formula is C19H20BrNS. The molecule has 0 radical (unpaired) electrons. The van der Waals surface area contributed by atoms with E-state index in [1.807, 2.05) is 11.8 Å².